The third kappa shape index (κ3) is 5.98. The first-order valence-electron chi connectivity index (χ1n) is 8.74. The summed E-state index contributed by atoms with van der Waals surface area (Å²) in [7, 11) is 2.84. The molecule has 0 aliphatic carbocycles. The molecule has 0 aromatic heterocycles. The van der Waals surface area contributed by atoms with Crippen LogP contribution in [0.3, 0.4) is 0 Å². The number of alkyl carbamates (subject to hydrolysis) is 1. The molecule has 0 radical (unpaired) electrons. The lowest BCUT2D eigenvalue weighted by molar-refractivity contribution is -0.147. The van der Waals surface area contributed by atoms with Crippen molar-refractivity contribution in [2.75, 3.05) is 14.2 Å². The highest BCUT2D eigenvalue weighted by atomic mass is 16.6. The van der Waals surface area contributed by atoms with Crippen LogP contribution < -0.4 is 10.6 Å². The van der Waals surface area contributed by atoms with Gasteiger partial charge in [-0.15, -0.1) is 0 Å². The number of hydrogen-bond acceptors (Lipinski definition) is 5. The molecule has 7 heteroatoms. The topological polar surface area (TPSA) is 93.7 Å². The molecule has 27 heavy (non-hydrogen) atoms. The monoisotopic (exact) mass is 378 g/mol. The Morgan fingerprint density at radius 2 is 1.56 bits per heavy atom. The molecule has 1 unspecified atom stereocenters. The van der Waals surface area contributed by atoms with Gasteiger partial charge in [0.05, 0.1) is 7.11 Å². The Morgan fingerprint density at radius 3 is 1.96 bits per heavy atom. The number of carbonyl (C=O) groups excluding carboxylic acids is 3. The Balaban J connectivity index is 3.22. The van der Waals surface area contributed by atoms with Crippen molar-refractivity contribution in [2.45, 2.75) is 59.1 Å². The van der Waals surface area contributed by atoms with Gasteiger partial charge in [-0.2, -0.15) is 0 Å². The van der Waals surface area contributed by atoms with Gasteiger partial charge in [0.25, 0.3) is 5.91 Å². The maximum absolute atomic E-state index is 12.4. The average molecular weight is 378 g/mol. The lowest BCUT2D eigenvalue weighted by Crippen LogP contribution is -2.55. The van der Waals surface area contributed by atoms with Crippen molar-refractivity contribution in [1.29, 1.82) is 0 Å². The highest BCUT2D eigenvalue weighted by Crippen LogP contribution is 2.24. The van der Waals surface area contributed by atoms with Crippen LogP contribution in [0.2, 0.25) is 0 Å². The Bertz CT molecular complexity index is 713. The van der Waals surface area contributed by atoms with E-state index in [0.717, 1.165) is 16.7 Å². The molecule has 150 valence electrons. The van der Waals surface area contributed by atoms with Gasteiger partial charge in [-0.3, -0.25) is 4.79 Å². The van der Waals surface area contributed by atoms with E-state index in [0.29, 0.717) is 5.56 Å². The molecule has 1 rings (SSSR count). The quantitative estimate of drug-likeness (QED) is 0.768. The predicted octanol–water partition coefficient (Wildman–Crippen LogP) is 2.66. The van der Waals surface area contributed by atoms with Crippen LogP contribution in [-0.2, 0) is 20.7 Å². The number of benzene rings is 1. The van der Waals surface area contributed by atoms with Gasteiger partial charge in [-0.1, -0.05) is 0 Å². The van der Waals surface area contributed by atoms with Crippen LogP contribution in [0.15, 0.2) is 12.1 Å². The van der Waals surface area contributed by atoms with E-state index in [1.165, 1.54) is 7.11 Å². The minimum absolute atomic E-state index is 0.185. The number of hydrogen-bond donors (Lipinski definition) is 2. The van der Waals surface area contributed by atoms with E-state index in [1.54, 1.807) is 46.9 Å². The van der Waals surface area contributed by atoms with E-state index in [4.69, 9.17) is 9.47 Å². The number of amides is 2. The first-order valence-corrected chi connectivity index (χ1v) is 8.74. The predicted molar refractivity (Wildman–Crippen MR) is 103 cm³/mol. The zero-order valence-corrected chi connectivity index (χ0v) is 17.4. The van der Waals surface area contributed by atoms with Crippen LogP contribution in [-0.4, -0.2) is 43.3 Å². The van der Waals surface area contributed by atoms with Crippen molar-refractivity contribution in [3.05, 3.63) is 34.4 Å². The van der Waals surface area contributed by atoms with Gasteiger partial charge in [0.1, 0.15) is 11.1 Å². The molecule has 0 aliphatic heterocycles. The molecule has 0 bridgehead atoms. The molecule has 7 nitrogen and oxygen atoms in total. The van der Waals surface area contributed by atoms with Crippen molar-refractivity contribution < 1.29 is 23.9 Å². The number of ether oxygens (including phenoxy) is 2. The first kappa shape index (κ1) is 22.5. The Labute approximate surface area is 160 Å². The number of nitrogens with one attached hydrogen (secondary N) is 2. The van der Waals surface area contributed by atoms with Crippen LogP contribution in [0.25, 0.3) is 0 Å². The highest BCUT2D eigenvalue weighted by Gasteiger charge is 2.38. The molecule has 0 spiro atoms. The van der Waals surface area contributed by atoms with Gasteiger partial charge in [0, 0.05) is 19.0 Å². The third-order valence-corrected chi connectivity index (χ3v) is 4.13. The zero-order valence-electron chi connectivity index (χ0n) is 17.4. The second-order valence-electron chi connectivity index (χ2n) is 7.80. The minimum Gasteiger partial charge on any atom is -0.467 e. The van der Waals surface area contributed by atoms with Crippen LogP contribution in [0.4, 0.5) is 4.79 Å². The molecule has 1 aromatic rings. The summed E-state index contributed by atoms with van der Waals surface area (Å²) in [5.74, 6) is -0.766. The zero-order chi connectivity index (χ0) is 21.0. The Hall–Kier alpha value is -2.57. The molecule has 0 saturated heterocycles. The largest absolute Gasteiger partial charge is 0.467 e. The summed E-state index contributed by atoms with van der Waals surface area (Å²) in [6, 6.07) is 3.51. The maximum Gasteiger partial charge on any atom is 0.408 e. The summed E-state index contributed by atoms with van der Waals surface area (Å²) >= 11 is 0. The van der Waals surface area contributed by atoms with Crippen molar-refractivity contribution in [3.8, 4) is 0 Å². The van der Waals surface area contributed by atoms with Gasteiger partial charge in [0.2, 0.25) is 0 Å². The molecule has 0 heterocycles. The van der Waals surface area contributed by atoms with E-state index in [1.807, 2.05) is 13.8 Å². The van der Waals surface area contributed by atoms with Crippen LogP contribution in [0.5, 0.6) is 0 Å². The average Bonchev–Trinajstić information content (AvgIpc) is 2.54. The molecule has 2 amide bonds. The Morgan fingerprint density at radius 1 is 1.04 bits per heavy atom. The molecular weight excluding hydrogens is 348 g/mol. The van der Waals surface area contributed by atoms with E-state index in [2.05, 4.69) is 10.6 Å². The SMILES string of the molecule is CNC(=O)c1cc(C)c(CC(C)(NC(=O)OC(C)(C)C)C(=O)OC)c(C)c1. The molecule has 1 aromatic carbocycles. The van der Waals surface area contributed by atoms with E-state index in [9.17, 15) is 14.4 Å². The van der Waals surface area contributed by atoms with Crippen LogP contribution in [0.1, 0.15) is 54.7 Å². The van der Waals surface area contributed by atoms with E-state index >= 15 is 0 Å². The van der Waals surface area contributed by atoms with Gasteiger partial charge in [-0.05, 0) is 70.4 Å². The molecule has 0 saturated carbocycles. The number of rotatable bonds is 5. The number of methoxy groups -OCH3 is 1. The highest BCUT2D eigenvalue weighted by molar-refractivity contribution is 5.94. The Kier molecular flexibility index (Phi) is 7.00. The fraction of sp³-hybridized carbons (Fsp3) is 0.550. The van der Waals surface area contributed by atoms with Gasteiger partial charge in [-0.25, -0.2) is 9.59 Å². The second-order valence-corrected chi connectivity index (χ2v) is 7.80. The lowest BCUT2D eigenvalue weighted by Gasteiger charge is -2.31. The fourth-order valence-corrected chi connectivity index (χ4v) is 2.82. The maximum atomic E-state index is 12.4. The van der Waals surface area contributed by atoms with Crippen LogP contribution >= 0.6 is 0 Å². The molecule has 0 fully saturated rings. The van der Waals surface area contributed by atoms with Gasteiger partial charge in [0.15, 0.2) is 0 Å². The molecular formula is C20H30N2O5. The van der Waals surface area contributed by atoms with E-state index < -0.39 is 23.2 Å². The number of carbonyl (C=O) groups is 3. The fourth-order valence-electron chi connectivity index (χ4n) is 2.82. The lowest BCUT2D eigenvalue weighted by atomic mass is 9.87. The molecule has 1 atom stereocenters. The standard InChI is InChI=1S/C20H30N2O5/c1-12-9-14(16(23)21-7)10-13(2)15(12)11-20(6,17(24)26-8)22-18(25)27-19(3,4)5/h9-10H,11H2,1-8H3,(H,21,23)(H,22,25). The number of aryl methyl sites for hydroxylation is 2. The molecule has 2 N–H and O–H groups in total. The summed E-state index contributed by atoms with van der Waals surface area (Å²) < 4.78 is 10.2. The van der Waals surface area contributed by atoms with E-state index in [-0.39, 0.29) is 12.3 Å². The van der Waals surface area contributed by atoms with Crippen molar-refractivity contribution in [2.24, 2.45) is 0 Å². The summed E-state index contributed by atoms with van der Waals surface area (Å²) in [4.78, 5) is 36.6. The minimum atomic E-state index is -1.32. The summed E-state index contributed by atoms with van der Waals surface area (Å²) in [5.41, 5.74) is 1.07. The number of esters is 1. The summed E-state index contributed by atoms with van der Waals surface area (Å²) in [6.07, 6.45) is -0.502. The van der Waals surface area contributed by atoms with Crippen molar-refractivity contribution >= 4 is 18.0 Å². The van der Waals surface area contributed by atoms with Gasteiger partial charge >= 0.3 is 12.1 Å². The first-order chi connectivity index (χ1) is 12.3. The summed E-state index contributed by atoms with van der Waals surface area (Å²) in [5, 5.41) is 5.23. The molecule has 0 aliphatic rings. The third-order valence-electron chi connectivity index (χ3n) is 4.13. The van der Waals surface area contributed by atoms with Crippen molar-refractivity contribution in [1.82, 2.24) is 10.6 Å². The summed E-state index contributed by atoms with van der Waals surface area (Å²) in [6.45, 7) is 10.5. The van der Waals surface area contributed by atoms with Crippen molar-refractivity contribution in [3.63, 3.8) is 0 Å². The van der Waals surface area contributed by atoms with Crippen LogP contribution in [0, 0.1) is 13.8 Å². The normalized spacial score (nSPS) is 13.3. The second kappa shape index (κ2) is 8.41. The smallest absolute Gasteiger partial charge is 0.408 e. The van der Waals surface area contributed by atoms with Gasteiger partial charge < -0.3 is 20.1 Å².